The van der Waals surface area contributed by atoms with Gasteiger partial charge in [0.15, 0.2) is 5.69 Å². The lowest BCUT2D eigenvalue weighted by atomic mass is 9.86. The number of benzene rings is 1. The smallest absolute Gasteiger partial charge is 0.187 e. The lowest BCUT2D eigenvalue weighted by Crippen LogP contribution is -2.37. The largest absolute Gasteiger partial charge is 0.356 e. The maximum absolute atomic E-state index is 13.8. The van der Waals surface area contributed by atoms with Gasteiger partial charge in [-0.15, -0.1) is 0 Å². The number of fused-ring (bicyclic) bond motifs is 1. The number of H-pyrrole nitrogens is 1. The van der Waals surface area contributed by atoms with Gasteiger partial charge in [0, 0.05) is 31.6 Å². The molecular formula is C25H32N6OS. The van der Waals surface area contributed by atoms with Crippen LogP contribution in [0.25, 0.3) is 15.9 Å². The van der Waals surface area contributed by atoms with Crippen LogP contribution in [0.3, 0.4) is 0 Å². The zero-order valence-corrected chi connectivity index (χ0v) is 20.2. The fourth-order valence-corrected chi connectivity index (χ4v) is 7.33. The molecule has 33 heavy (non-hydrogen) atoms. The summed E-state index contributed by atoms with van der Waals surface area (Å²) in [6.07, 6.45) is 8.62. The van der Waals surface area contributed by atoms with Crippen LogP contribution in [-0.4, -0.2) is 44.5 Å². The van der Waals surface area contributed by atoms with Gasteiger partial charge in [-0.3, -0.25) is 0 Å². The average Bonchev–Trinajstić information content (AvgIpc) is 3.32. The molecule has 0 bridgehead atoms. The summed E-state index contributed by atoms with van der Waals surface area (Å²) in [6, 6.07) is 9.89. The molecule has 1 unspecified atom stereocenters. The Balaban J connectivity index is 1.41. The van der Waals surface area contributed by atoms with E-state index in [0.717, 1.165) is 54.5 Å². The van der Waals surface area contributed by atoms with Gasteiger partial charge in [-0.1, -0.05) is 31.2 Å². The van der Waals surface area contributed by atoms with Crippen LogP contribution in [-0.2, 0) is 15.5 Å². The van der Waals surface area contributed by atoms with Gasteiger partial charge in [-0.05, 0) is 49.7 Å². The fraction of sp³-hybridized carbons (Fsp3) is 0.480. The van der Waals surface area contributed by atoms with Crippen molar-refractivity contribution in [3.05, 3.63) is 59.8 Å². The molecule has 1 N–H and O–H groups in total. The van der Waals surface area contributed by atoms with Crippen LogP contribution in [0.1, 0.15) is 44.6 Å². The summed E-state index contributed by atoms with van der Waals surface area (Å²) in [5.74, 6) is 2.51. The van der Waals surface area contributed by atoms with E-state index in [1.54, 1.807) is 18.5 Å². The van der Waals surface area contributed by atoms with Crippen molar-refractivity contribution in [2.75, 3.05) is 24.2 Å². The number of aromatic amines is 1. The Kier molecular flexibility index (Phi) is 7.29. The highest BCUT2D eigenvalue weighted by Crippen LogP contribution is 2.33. The van der Waals surface area contributed by atoms with Crippen LogP contribution >= 0.6 is 0 Å². The van der Waals surface area contributed by atoms with E-state index < -0.39 is 9.73 Å². The minimum absolute atomic E-state index is 0.416. The second-order valence-electron chi connectivity index (χ2n) is 8.94. The molecule has 1 fully saturated rings. The SMILES string of the molecule is [C-]#[N+]c1ccc(CS(=O)(CC2CCC(N(C)c3ncnc4[nH]ccc34)CC2)=NCCC)cc1. The molecule has 1 aliphatic rings. The zero-order valence-electron chi connectivity index (χ0n) is 19.4. The summed E-state index contributed by atoms with van der Waals surface area (Å²) in [5, 5.41) is 1.05. The molecular weight excluding hydrogens is 432 g/mol. The summed E-state index contributed by atoms with van der Waals surface area (Å²) >= 11 is 0. The number of rotatable bonds is 8. The van der Waals surface area contributed by atoms with Crippen LogP contribution < -0.4 is 4.90 Å². The summed E-state index contributed by atoms with van der Waals surface area (Å²) in [7, 11) is -0.208. The van der Waals surface area contributed by atoms with Crippen molar-refractivity contribution >= 4 is 32.3 Å². The highest BCUT2D eigenvalue weighted by Gasteiger charge is 2.28. The number of aromatic nitrogens is 3. The zero-order chi connectivity index (χ0) is 23.3. The number of hydrogen-bond acceptors (Lipinski definition) is 5. The van der Waals surface area contributed by atoms with E-state index in [1.807, 2.05) is 24.4 Å². The standard InChI is InChI=1S/C25H32N6OS/c1-4-14-30-33(32,16-19-5-9-21(26-2)10-6-19)17-20-7-11-22(12-8-20)31(3)25-23-13-15-27-24(23)28-18-29-25/h5-6,9-10,13,15,18,20,22H,4,7-8,11-12,14,16-17H2,1,3H3,(H,27,28,29). The molecule has 174 valence electrons. The van der Waals surface area contributed by atoms with Gasteiger partial charge in [-0.25, -0.2) is 23.4 Å². The van der Waals surface area contributed by atoms with Gasteiger partial charge in [-0.2, -0.15) is 0 Å². The molecule has 0 spiro atoms. The second-order valence-corrected chi connectivity index (χ2v) is 11.4. The van der Waals surface area contributed by atoms with Crippen molar-refractivity contribution in [3.8, 4) is 0 Å². The first-order valence-electron chi connectivity index (χ1n) is 11.7. The van der Waals surface area contributed by atoms with Crippen LogP contribution in [0, 0.1) is 12.5 Å². The topological polar surface area (TPSA) is 78.6 Å². The molecule has 1 aromatic carbocycles. The Labute approximate surface area is 196 Å². The van der Waals surface area contributed by atoms with E-state index in [9.17, 15) is 4.21 Å². The molecule has 4 rings (SSSR count). The molecule has 0 saturated heterocycles. The maximum atomic E-state index is 13.8. The summed E-state index contributed by atoms with van der Waals surface area (Å²) in [5.41, 5.74) is 2.47. The third kappa shape index (κ3) is 5.53. The molecule has 0 radical (unpaired) electrons. The maximum Gasteiger partial charge on any atom is 0.187 e. The highest BCUT2D eigenvalue weighted by atomic mass is 32.2. The molecule has 2 aromatic heterocycles. The van der Waals surface area contributed by atoms with Crippen molar-refractivity contribution in [1.82, 2.24) is 15.0 Å². The molecule has 2 heterocycles. The normalized spacial score (nSPS) is 20.2. The Bertz CT molecular complexity index is 1230. The van der Waals surface area contributed by atoms with Crippen molar-refractivity contribution in [1.29, 1.82) is 0 Å². The first kappa shape index (κ1) is 23.2. The first-order valence-corrected chi connectivity index (χ1v) is 13.5. The quantitative estimate of drug-likeness (QED) is 0.441. The molecule has 1 aliphatic carbocycles. The molecule has 8 heteroatoms. The summed E-state index contributed by atoms with van der Waals surface area (Å²) in [6.45, 7) is 9.84. The van der Waals surface area contributed by atoms with Gasteiger partial charge in [0.2, 0.25) is 0 Å². The van der Waals surface area contributed by atoms with Gasteiger partial charge in [0.05, 0.1) is 27.4 Å². The molecule has 3 aromatic rings. The van der Waals surface area contributed by atoms with Crippen LogP contribution in [0.5, 0.6) is 0 Å². The predicted octanol–water partition coefficient (Wildman–Crippen LogP) is 5.58. The van der Waals surface area contributed by atoms with Crippen LogP contribution in [0.2, 0.25) is 0 Å². The summed E-state index contributed by atoms with van der Waals surface area (Å²) < 4.78 is 18.5. The van der Waals surface area contributed by atoms with Gasteiger partial charge < -0.3 is 9.88 Å². The molecule has 1 atom stereocenters. The van der Waals surface area contributed by atoms with Crippen molar-refractivity contribution in [2.45, 2.75) is 50.8 Å². The monoisotopic (exact) mass is 464 g/mol. The van der Waals surface area contributed by atoms with E-state index in [4.69, 9.17) is 6.57 Å². The van der Waals surface area contributed by atoms with Crippen molar-refractivity contribution < 1.29 is 4.21 Å². The fourth-order valence-electron chi connectivity index (χ4n) is 4.72. The average molecular weight is 465 g/mol. The van der Waals surface area contributed by atoms with E-state index in [-0.39, 0.29) is 0 Å². The summed E-state index contributed by atoms with van der Waals surface area (Å²) in [4.78, 5) is 17.7. The molecule has 7 nitrogen and oxygen atoms in total. The first-order chi connectivity index (χ1) is 16.0. The third-order valence-electron chi connectivity index (χ3n) is 6.53. The van der Waals surface area contributed by atoms with E-state index in [1.165, 1.54) is 0 Å². The molecule has 1 saturated carbocycles. The van der Waals surface area contributed by atoms with Crippen LogP contribution in [0.4, 0.5) is 11.5 Å². The number of nitrogens with one attached hydrogen (secondary N) is 1. The van der Waals surface area contributed by atoms with E-state index in [0.29, 0.717) is 35.7 Å². The predicted molar refractivity (Wildman–Crippen MR) is 135 cm³/mol. The van der Waals surface area contributed by atoms with Gasteiger partial charge in [0.1, 0.15) is 17.8 Å². The number of anilines is 1. The lowest BCUT2D eigenvalue weighted by molar-refractivity contribution is 0.342. The van der Waals surface area contributed by atoms with Crippen molar-refractivity contribution in [3.63, 3.8) is 0 Å². The van der Waals surface area contributed by atoms with E-state index in [2.05, 4.69) is 43.0 Å². The Morgan fingerprint density at radius 2 is 1.94 bits per heavy atom. The van der Waals surface area contributed by atoms with Gasteiger partial charge >= 0.3 is 0 Å². The Morgan fingerprint density at radius 3 is 2.64 bits per heavy atom. The Morgan fingerprint density at radius 1 is 1.18 bits per heavy atom. The minimum Gasteiger partial charge on any atom is -0.356 e. The second kappa shape index (κ2) is 10.3. The van der Waals surface area contributed by atoms with Crippen LogP contribution in [0.15, 0.2) is 47.2 Å². The molecule has 0 aliphatic heterocycles. The lowest BCUT2D eigenvalue weighted by Gasteiger charge is -2.35. The Hall–Kier alpha value is -2.92. The third-order valence-corrected chi connectivity index (χ3v) is 8.96. The minimum atomic E-state index is -2.33. The van der Waals surface area contributed by atoms with Crippen molar-refractivity contribution in [2.24, 2.45) is 10.3 Å². The van der Waals surface area contributed by atoms with Gasteiger partial charge in [0.25, 0.3) is 0 Å². The number of hydrogen-bond donors (Lipinski definition) is 1. The van der Waals surface area contributed by atoms with E-state index >= 15 is 0 Å². The highest BCUT2D eigenvalue weighted by molar-refractivity contribution is 7.92. The molecule has 0 amide bonds. The number of nitrogens with zero attached hydrogens (tertiary/aromatic N) is 5.